The van der Waals surface area contributed by atoms with Crippen LogP contribution in [0.2, 0.25) is 0 Å². The van der Waals surface area contributed by atoms with E-state index in [1.807, 2.05) is 16.5 Å². The molecule has 1 aromatic heterocycles. The third-order valence-electron chi connectivity index (χ3n) is 4.51. The van der Waals surface area contributed by atoms with Crippen molar-refractivity contribution in [3.63, 3.8) is 0 Å². The number of amides is 2. The van der Waals surface area contributed by atoms with Crippen LogP contribution in [0.25, 0.3) is 0 Å². The van der Waals surface area contributed by atoms with Crippen LogP contribution in [-0.2, 0) is 0 Å². The molecular formula is C17H31N5O. The number of nitrogens with one attached hydrogen (secondary N) is 1. The van der Waals surface area contributed by atoms with Crippen molar-refractivity contribution in [2.24, 2.45) is 0 Å². The van der Waals surface area contributed by atoms with Gasteiger partial charge in [0.25, 0.3) is 0 Å². The highest BCUT2D eigenvalue weighted by Crippen LogP contribution is 2.22. The smallest absolute Gasteiger partial charge is 0.317 e. The minimum absolute atomic E-state index is 0.0373. The van der Waals surface area contributed by atoms with Crippen LogP contribution in [0.15, 0.2) is 6.07 Å². The summed E-state index contributed by atoms with van der Waals surface area (Å²) in [5.74, 6) is 0. The highest BCUT2D eigenvalue weighted by atomic mass is 16.2. The average Bonchev–Trinajstić information content (AvgIpc) is 2.71. The van der Waals surface area contributed by atoms with Gasteiger partial charge in [0, 0.05) is 44.0 Å². The third kappa shape index (κ3) is 4.25. The summed E-state index contributed by atoms with van der Waals surface area (Å²) in [5, 5.41) is 7.53. The van der Waals surface area contributed by atoms with Crippen molar-refractivity contribution in [2.45, 2.75) is 59.7 Å². The van der Waals surface area contributed by atoms with Gasteiger partial charge in [-0.3, -0.25) is 9.58 Å². The molecule has 1 aliphatic heterocycles. The topological polar surface area (TPSA) is 53.4 Å². The zero-order valence-electron chi connectivity index (χ0n) is 15.3. The molecule has 6 heteroatoms. The van der Waals surface area contributed by atoms with Gasteiger partial charge >= 0.3 is 6.03 Å². The lowest BCUT2D eigenvalue weighted by molar-refractivity contribution is 0.114. The Kier molecular flexibility index (Phi) is 5.68. The minimum atomic E-state index is 0.0373. The van der Waals surface area contributed by atoms with Gasteiger partial charge in [-0.2, -0.15) is 5.10 Å². The van der Waals surface area contributed by atoms with Crippen molar-refractivity contribution in [1.82, 2.24) is 24.9 Å². The molecule has 0 saturated carbocycles. The molecule has 130 valence electrons. The quantitative estimate of drug-likeness (QED) is 0.874. The molecule has 2 amide bonds. The summed E-state index contributed by atoms with van der Waals surface area (Å²) in [7, 11) is 0. The molecule has 0 aromatic carbocycles. The molecule has 6 nitrogen and oxygen atoms in total. The van der Waals surface area contributed by atoms with Gasteiger partial charge in [0.1, 0.15) is 0 Å². The summed E-state index contributed by atoms with van der Waals surface area (Å²) in [6.45, 7) is 15.9. The van der Waals surface area contributed by atoms with Gasteiger partial charge in [-0.05, 0) is 47.6 Å². The van der Waals surface area contributed by atoms with E-state index < -0.39 is 0 Å². The molecule has 0 radical (unpaired) electrons. The fourth-order valence-electron chi connectivity index (χ4n) is 3.31. The number of carbonyl (C=O) groups excluding carboxylic acids is 1. The lowest BCUT2D eigenvalue weighted by Crippen LogP contribution is -2.55. The van der Waals surface area contributed by atoms with E-state index in [0.29, 0.717) is 24.7 Å². The number of hydrogen-bond donors (Lipinski definition) is 1. The van der Waals surface area contributed by atoms with Gasteiger partial charge in [-0.25, -0.2) is 4.79 Å². The second-order valence-electron chi connectivity index (χ2n) is 7.09. The fourth-order valence-corrected chi connectivity index (χ4v) is 3.31. The van der Waals surface area contributed by atoms with Gasteiger partial charge < -0.3 is 10.2 Å². The van der Waals surface area contributed by atoms with Crippen molar-refractivity contribution in [3.8, 4) is 0 Å². The Morgan fingerprint density at radius 2 is 1.91 bits per heavy atom. The normalized spacial score (nSPS) is 15.6. The first-order valence-electron chi connectivity index (χ1n) is 8.61. The Labute approximate surface area is 139 Å². The molecule has 0 unspecified atom stereocenters. The summed E-state index contributed by atoms with van der Waals surface area (Å²) in [5.41, 5.74) is 2.20. The maximum absolute atomic E-state index is 12.2. The first-order valence-corrected chi connectivity index (χ1v) is 8.61. The van der Waals surface area contributed by atoms with Crippen molar-refractivity contribution in [1.29, 1.82) is 0 Å². The number of urea groups is 1. The molecule has 1 saturated heterocycles. The van der Waals surface area contributed by atoms with E-state index in [0.717, 1.165) is 31.0 Å². The molecule has 1 aromatic rings. The van der Waals surface area contributed by atoms with Gasteiger partial charge in [0.05, 0.1) is 11.7 Å². The number of likely N-dealkylation sites (tertiary alicyclic amines) is 1. The Balaban J connectivity index is 1.73. The second-order valence-corrected chi connectivity index (χ2v) is 7.09. The molecule has 1 N–H and O–H groups in total. The van der Waals surface area contributed by atoms with E-state index in [1.165, 1.54) is 0 Å². The predicted octanol–water partition coefficient (Wildman–Crippen LogP) is 2.19. The summed E-state index contributed by atoms with van der Waals surface area (Å²) < 4.78 is 2.04. The van der Waals surface area contributed by atoms with Gasteiger partial charge in [0.2, 0.25) is 0 Å². The molecule has 23 heavy (non-hydrogen) atoms. The van der Waals surface area contributed by atoms with E-state index in [1.54, 1.807) is 0 Å². The summed E-state index contributed by atoms with van der Waals surface area (Å²) in [4.78, 5) is 16.4. The van der Waals surface area contributed by atoms with Crippen LogP contribution in [0, 0.1) is 13.8 Å². The van der Waals surface area contributed by atoms with Crippen LogP contribution < -0.4 is 5.32 Å². The van der Waals surface area contributed by atoms with Crippen molar-refractivity contribution in [2.75, 3.05) is 26.2 Å². The molecule has 2 rings (SSSR count). The van der Waals surface area contributed by atoms with E-state index in [9.17, 15) is 4.79 Å². The lowest BCUT2D eigenvalue weighted by atomic mass is 10.1. The predicted molar refractivity (Wildman–Crippen MR) is 92.7 cm³/mol. The maximum atomic E-state index is 12.2. The van der Waals surface area contributed by atoms with Crippen molar-refractivity contribution in [3.05, 3.63) is 17.5 Å². The van der Waals surface area contributed by atoms with Crippen LogP contribution in [0.5, 0.6) is 0 Å². The highest BCUT2D eigenvalue weighted by molar-refractivity contribution is 5.75. The van der Waals surface area contributed by atoms with Crippen molar-refractivity contribution >= 4 is 6.03 Å². The molecule has 1 fully saturated rings. The van der Waals surface area contributed by atoms with Crippen LogP contribution >= 0.6 is 0 Å². The monoisotopic (exact) mass is 321 g/mol. The third-order valence-corrected chi connectivity index (χ3v) is 4.51. The zero-order chi connectivity index (χ0) is 17.1. The van der Waals surface area contributed by atoms with Crippen LogP contribution in [0.3, 0.4) is 0 Å². The molecule has 0 aliphatic carbocycles. The lowest BCUT2D eigenvalue weighted by Gasteiger charge is -2.39. The molecule has 1 aliphatic rings. The largest absolute Gasteiger partial charge is 0.337 e. The Morgan fingerprint density at radius 1 is 1.30 bits per heavy atom. The zero-order valence-corrected chi connectivity index (χ0v) is 15.3. The first-order chi connectivity index (χ1) is 10.8. The molecular weight excluding hydrogens is 290 g/mol. The average molecular weight is 321 g/mol. The summed E-state index contributed by atoms with van der Waals surface area (Å²) in [6, 6.07) is 3.42. The second kappa shape index (κ2) is 7.34. The molecule has 2 heterocycles. The van der Waals surface area contributed by atoms with Gasteiger partial charge in [0.15, 0.2) is 0 Å². The van der Waals surface area contributed by atoms with Crippen LogP contribution in [-0.4, -0.2) is 63.9 Å². The van der Waals surface area contributed by atoms with Gasteiger partial charge in [-0.15, -0.1) is 0 Å². The Hall–Kier alpha value is -1.56. The SMILES string of the molecule is Cc1cc(C)n(C2CN(C(=O)NCCN(C(C)C)C(C)C)C2)n1. The van der Waals surface area contributed by atoms with E-state index in [4.69, 9.17) is 0 Å². The van der Waals surface area contributed by atoms with Crippen LogP contribution in [0.4, 0.5) is 4.79 Å². The summed E-state index contributed by atoms with van der Waals surface area (Å²) in [6.07, 6.45) is 0. The maximum Gasteiger partial charge on any atom is 0.317 e. The molecule has 0 bridgehead atoms. The number of hydrogen-bond acceptors (Lipinski definition) is 3. The van der Waals surface area contributed by atoms with Gasteiger partial charge in [-0.1, -0.05) is 0 Å². The Morgan fingerprint density at radius 3 is 2.39 bits per heavy atom. The molecule has 0 atom stereocenters. The highest BCUT2D eigenvalue weighted by Gasteiger charge is 2.33. The van der Waals surface area contributed by atoms with E-state index >= 15 is 0 Å². The number of rotatable bonds is 6. The standard InChI is InChI=1S/C17H31N5O/c1-12(2)21(13(3)4)8-7-18-17(23)20-10-16(11-20)22-15(6)9-14(5)19-22/h9,12-13,16H,7-8,10-11H2,1-6H3,(H,18,23). The van der Waals surface area contributed by atoms with E-state index in [2.05, 4.69) is 56.0 Å². The first kappa shape index (κ1) is 17.8. The fraction of sp³-hybridized carbons (Fsp3) is 0.765. The summed E-state index contributed by atoms with van der Waals surface area (Å²) >= 11 is 0. The number of aryl methyl sites for hydroxylation is 2. The number of nitrogens with zero attached hydrogens (tertiary/aromatic N) is 4. The van der Waals surface area contributed by atoms with E-state index in [-0.39, 0.29) is 6.03 Å². The number of carbonyl (C=O) groups is 1. The minimum Gasteiger partial charge on any atom is -0.337 e. The van der Waals surface area contributed by atoms with Crippen molar-refractivity contribution < 1.29 is 4.79 Å². The molecule has 0 spiro atoms. The Bertz CT molecular complexity index is 523. The van der Waals surface area contributed by atoms with Crippen LogP contribution in [0.1, 0.15) is 45.1 Å². The number of aromatic nitrogens is 2.